The average Bonchev–Trinajstić information content (AvgIpc) is 1.86. The zero-order valence-corrected chi connectivity index (χ0v) is 4.09. The van der Waals surface area contributed by atoms with Crippen LogP contribution in [-0.2, 0) is 0 Å². The summed E-state index contributed by atoms with van der Waals surface area (Å²) in [6.45, 7) is 3.60. The molecule has 0 aromatic rings. The minimum atomic E-state index is 0.931. The molecule has 0 saturated heterocycles. The average molecular weight is 98.1 g/mol. The van der Waals surface area contributed by atoms with Crippen molar-refractivity contribution in [1.82, 2.24) is 0 Å². The number of aliphatic imine (C=N–C) groups is 1. The molecule has 0 atom stereocenters. The lowest BCUT2D eigenvalue weighted by molar-refractivity contribution is 1.39. The molecule has 1 radical (unpaired) electrons. The Morgan fingerprint density at radius 1 is 2.00 bits per heavy atom. The maximum atomic E-state index is 3.75. The van der Waals surface area contributed by atoms with Crippen LogP contribution in [-0.4, -0.2) is 11.3 Å². The summed E-state index contributed by atoms with van der Waals surface area (Å²) >= 11 is 1.57. The molecule has 0 unspecified atom stereocenters. The third-order valence-corrected chi connectivity index (χ3v) is 1.21. The standard InChI is InChI=1S/C4H4NS/c1-4-2-6-3-5-4/h1-2H2. The fourth-order valence-corrected chi connectivity index (χ4v) is 0.734. The largest absolute Gasteiger partial charge is 0.243 e. The van der Waals surface area contributed by atoms with Crippen LogP contribution >= 0.6 is 11.8 Å². The van der Waals surface area contributed by atoms with Gasteiger partial charge in [-0.2, -0.15) is 0 Å². The second-order valence-corrected chi connectivity index (χ2v) is 1.82. The number of nitrogens with zero attached hydrogens (tertiary/aromatic N) is 1. The Hall–Kier alpha value is -0.240. The van der Waals surface area contributed by atoms with Gasteiger partial charge in [0.1, 0.15) is 5.55 Å². The highest BCUT2D eigenvalue weighted by atomic mass is 32.2. The molecule has 0 aromatic carbocycles. The van der Waals surface area contributed by atoms with E-state index in [4.69, 9.17) is 0 Å². The zero-order valence-electron chi connectivity index (χ0n) is 3.27. The van der Waals surface area contributed by atoms with Gasteiger partial charge in [-0.05, 0) is 0 Å². The van der Waals surface area contributed by atoms with Crippen molar-refractivity contribution in [3.05, 3.63) is 12.3 Å². The molecule has 2 heteroatoms. The Bertz CT molecular complexity index is 95.7. The highest BCUT2D eigenvalue weighted by Crippen LogP contribution is 2.11. The molecule has 0 amide bonds. The third kappa shape index (κ3) is 0.627. The summed E-state index contributed by atoms with van der Waals surface area (Å²) in [5, 5.41) is 0. The van der Waals surface area contributed by atoms with Crippen molar-refractivity contribution >= 4 is 17.3 Å². The molecule has 1 aliphatic rings. The van der Waals surface area contributed by atoms with Gasteiger partial charge in [-0.1, -0.05) is 18.3 Å². The van der Waals surface area contributed by atoms with Crippen LogP contribution in [0.2, 0.25) is 0 Å². The monoisotopic (exact) mass is 98.0 g/mol. The van der Waals surface area contributed by atoms with Crippen molar-refractivity contribution in [3.8, 4) is 0 Å². The lowest BCUT2D eigenvalue weighted by Crippen LogP contribution is -1.65. The lowest BCUT2D eigenvalue weighted by Gasteiger charge is -1.75. The van der Waals surface area contributed by atoms with Gasteiger partial charge in [0, 0.05) is 11.4 Å². The number of rotatable bonds is 0. The minimum Gasteiger partial charge on any atom is -0.243 e. The third-order valence-electron chi connectivity index (χ3n) is 0.507. The van der Waals surface area contributed by atoms with Crippen molar-refractivity contribution in [2.24, 2.45) is 4.99 Å². The van der Waals surface area contributed by atoms with Crippen LogP contribution < -0.4 is 0 Å². The predicted octanol–water partition coefficient (Wildman–Crippen LogP) is 1.15. The van der Waals surface area contributed by atoms with Gasteiger partial charge in [-0.25, -0.2) is 4.99 Å². The first-order valence-corrected chi connectivity index (χ1v) is 2.63. The molecule has 0 N–H and O–H groups in total. The van der Waals surface area contributed by atoms with Crippen LogP contribution in [0.5, 0.6) is 0 Å². The Labute approximate surface area is 41.2 Å². The van der Waals surface area contributed by atoms with Crippen molar-refractivity contribution in [2.45, 2.75) is 0 Å². The fraction of sp³-hybridized carbons (Fsp3) is 0.250. The van der Waals surface area contributed by atoms with E-state index in [1.807, 2.05) is 0 Å². The Morgan fingerprint density at radius 2 is 2.83 bits per heavy atom. The molecule has 0 bridgehead atoms. The molecule has 31 valence electrons. The SMILES string of the molecule is C=C1CS[C]=N1. The summed E-state index contributed by atoms with van der Waals surface area (Å²) in [6.07, 6.45) is 0. The molecule has 1 rings (SSSR count). The van der Waals surface area contributed by atoms with E-state index in [2.05, 4.69) is 17.1 Å². The van der Waals surface area contributed by atoms with E-state index < -0.39 is 0 Å². The number of thioether (sulfide) groups is 1. The normalized spacial score (nSPS) is 19.7. The number of hydrogen-bond acceptors (Lipinski definition) is 2. The summed E-state index contributed by atoms with van der Waals surface area (Å²) in [5.41, 5.74) is 3.64. The summed E-state index contributed by atoms with van der Waals surface area (Å²) in [5.74, 6) is 0.931. The van der Waals surface area contributed by atoms with E-state index in [0.717, 1.165) is 11.4 Å². The second-order valence-electron chi connectivity index (χ2n) is 1.06. The first kappa shape index (κ1) is 3.93. The van der Waals surface area contributed by atoms with E-state index in [1.54, 1.807) is 11.8 Å². The summed E-state index contributed by atoms with van der Waals surface area (Å²) < 4.78 is 0. The molecule has 1 nitrogen and oxygen atoms in total. The highest BCUT2D eigenvalue weighted by molar-refractivity contribution is 8.12. The van der Waals surface area contributed by atoms with Crippen molar-refractivity contribution in [1.29, 1.82) is 0 Å². The summed E-state index contributed by atoms with van der Waals surface area (Å²) in [7, 11) is 0. The molecule has 0 fully saturated rings. The molecule has 1 heterocycles. The van der Waals surface area contributed by atoms with Gasteiger partial charge >= 0.3 is 0 Å². The Morgan fingerprint density at radius 3 is 3.00 bits per heavy atom. The lowest BCUT2D eigenvalue weighted by atomic mass is 10.6. The summed E-state index contributed by atoms with van der Waals surface area (Å²) in [6, 6.07) is 0. The molecular weight excluding hydrogens is 94.1 g/mol. The predicted molar refractivity (Wildman–Crippen MR) is 29.0 cm³/mol. The van der Waals surface area contributed by atoms with E-state index in [0.29, 0.717) is 0 Å². The highest BCUT2D eigenvalue weighted by Gasteiger charge is 1.95. The van der Waals surface area contributed by atoms with Crippen LogP contribution in [0.15, 0.2) is 17.3 Å². The smallest absolute Gasteiger partial charge is 0.129 e. The topological polar surface area (TPSA) is 12.4 Å². The van der Waals surface area contributed by atoms with Gasteiger partial charge in [-0.3, -0.25) is 0 Å². The van der Waals surface area contributed by atoms with E-state index in [1.165, 1.54) is 0 Å². The van der Waals surface area contributed by atoms with E-state index >= 15 is 0 Å². The maximum absolute atomic E-state index is 3.75. The quantitative estimate of drug-likeness (QED) is 0.442. The van der Waals surface area contributed by atoms with Gasteiger partial charge in [0.2, 0.25) is 0 Å². The molecule has 1 aliphatic heterocycles. The molecular formula is C4H4NS. The van der Waals surface area contributed by atoms with Crippen LogP contribution in [0, 0.1) is 0 Å². The van der Waals surface area contributed by atoms with Crippen molar-refractivity contribution in [3.63, 3.8) is 0 Å². The van der Waals surface area contributed by atoms with Crippen LogP contribution in [0.4, 0.5) is 0 Å². The molecule has 0 aliphatic carbocycles. The van der Waals surface area contributed by atoms with Crippen LogP contribution in [0.1, 0.15) is 0 Å². The molecule has 0 aromatic heterocycles. The molecule has 0 spiro atoms. The van der Waals surface area contributed by atoms with Crippen LogP contribution in [0.3, 0.4) is 0 Å². The van der Waals surface area contributed by atoms with E-state index in [9.17, 15) is 0 Å². The van der Waals surface area contributed by atoms with Crippen molar-refractivity contribution in [2.75, 3.05) is 5.75 Å². The van der Waals surface area contributed by atoms with Gasteiger partial charge in [0.25, 0.3) is 0 Å². The minimum absolute atomic E-state index is 0.931. The van der Waals surface area contributed by atoms with Crippen molar-refractivity contribution < 1.29 is 0 Å². The summed E-state index contributed by atoms with van der Waals surface area (Å²) in [4.78, 5) is 3.75. The number of hydrogen-bond donors (Lipinski definition) is 0. The first-order valence-electron chi connectivity index (χ1n) is 1.65. The Balaban J connectivity index is 2.59. The van der Waals surface area contributed by atoms with E-state index in [-0.39, 0.29) is 0 Å². The van der Waals surface area contributed by atoms with Gasteiger partial charge in [0.15, 0.2) is 0 Å². The van der Waals surface area contributed by atoms with Crippen LogP contribution in [0.25, 0.3) is 0 Å². The zero-order chi connectivity index (χ0) is 4.41. The van der Waals surface area contributed by atoms with Gasteiger partial charge in [0.05, 0.1) is 0 Å². The fourth-order valence-electron chi connectivity index (χ4n) is 0.245. The molecule has 6 heavy (non-hydrogen) atoms. The molecule has 0 saturated carbocycles. The van der Waals surface area contributed by atoms with Gasteiger partial charge < -0.3 is 0 Å². The Kier molecular flexibility index (Phi) is 0.965. The van der Waals surface area contributed by atoms with Gasteiger partial charge in [-0.15, -0.1) is 0 Å². The maximum Gasteiger partial charge on any atom is 0.129 e. The first-order chi connectivity index (χ1) is 2.89. The second kappa shape index (κ2) is 1.47.